The number of nitrogens with one attached hydrogen (secondary N) is 1. The van der Waals surface area contributed by atoms with Gasteiger partial charge >= 0.3 is 0 Å². The zero-order valence-corrected chi connectivity index (χ0v) is 13.6. The van der Waals surface area contributed by atoms with Crippen LogP contribution in [0.5, 0.6) is 5.75 Å². The van der Waals surface area contributed by atoms with E-state index in [2.05, 4.69) is 4.72 Å². The van der Waals surface area contributed by atoms with Gasteiger partial charge in [0.1, 0.15) is 11.9 Å². The van der Waals surface area contributed by atoms with Crippen LogP contribution in [0.3, 0.4) is 0 Å². The van der Waals surface area contributed by atoms with Crippen LogP contribution in [-0.2, 0) is 10.0 Å². The molecule has 2 unspecified atom stereocenters. The molecule has 1 aromatic rings. The third kappa shape index (κ3) is 2.54. The van der Waals surface area contributed by atoms with Crippen LogP contribution < -0.4 is 9.46 Å². The predicted molar refractivity (Wildman–Crippen MR) is 84.6 cm³/mol. The summed E-state index contributed by atoms with van der Waals surface area (Å²) in [5.74, 6) is 1.24. The highest BCUT2D eigenvalue weighted by Gasteiger charge is 2.36. The molecule has 1 N–H and O–H groups in total. The van der Waals surface area contributed by atoms with Gasteiger partial charge < -0.3 is 4.74 Å². The maximum atomic E-state index is 12.5. The molecule has 0 amide bonds. The average molecular weight is 321 g/mol. The number of hydrogen-bond donors (Lipinski definition) is 1. The van der Waals surface area contributed by atoms with Gasteiger partial charge in [-0.3, -0.25) is 0 Å². The van der Waals surface area contributed by atoms with E-state index in [0.29, 0.717) is 10.8 Å². The van der Waals surface area contributed by atoms with Gasteiger partial charge in [-0.05, 0) is 38.2 Å². The van der Waals surface area contributed by atoms with Gasteiger partial charge in [-0.1, -0.05) is 25.3 Å². The van der Waals surface area contributed by atoms with E-state index in [-0.39, 0.29) is 12.1 Å². The molecule has 2 atom stereocenters. The predicted octanol–water partition coefficient (Wildman–Crippen LogP) is 3.33. The molecule has 0 aromatic heterocycles. The third-order valence-corrected chi connectivity index (χ3v) is 6.87. The Balaban J connectivity index is 1.59. The van der Waals surface area contributed by atoms with Crippen molar-refractivity contribution >= 4 is 10.0 Å². The smallest absolute Gasteiger partial charge is 0.240 e. The molecule has 3 aliphatic rings. The second-order valence-corrected chi connectivity index (χ2v) is 8.56. The minimum Gasteiger partial charge on any atom is -0.489 e. The summed E-state index contributed by atoms with van der Waals surface area (Å²) in [4.78, 5) is 0.344. The van der Waals surface area contributed by atoms with Crippen LogP contribution in [0.15, 0.2) is 23.1 Å². The first-order valence-electron chi connectivity index (χ1n) is 8.46. The Kier molecular flexibility index (Phi) is 3.65. The lowest BCUT2D eigenvalue weighted by Gasteiger charge is -2.23. The fourth-order valence-corrected chi connectivity index (χ4v) is 5.50. The van der Waals surface area contributed by atoms with Crippen molar-refractivity contribution in [2.75, 3.05) is 0 Å². The van der Waals surface area contributed by atoms with Gasteiger partial charge in [-0.15, -0.1) is 0 Å². The van der Waals surface area contributed by atoms with E-state index in [4.69, 9.17) is 4.74 Å². The largest absolute Gasteiger partial charge is 0.489 e. The molecule has 4 rings (SSSR count). The lowest BCUT2D eigenvalue weighted by Crippen LogP contribution is -2.32. The first-order chi connectivity index (χ1) is 10.6. The second-order valence-electron chi connectivity index (χ2n) is 6.85. The van der Waals surface area contributed by atoms with Crippen molar-refractivity contribution in [2.24, 2.45) is 0 Å². The molecule has 1 heterocycles. The van der Waals surface area contributed by atoms with Gasteiger partial charge in [0, 0.05) is 23.6 Å². The molecule has 0 radical (unpaired) electrons. The van der Waals surface area contributed by atoms with Crippen molar-refractivity contribution in [1.29, 1.82) is 0 Å². The van der Waals surface area contributed by atoms with Gasteiger partial charge in [-0.2, -0.15) is 0 Å². The summed E-state index contributed by atoms with van der Waals surface area (Å²) in [6.45, 7) is 0. The molecule has 1 aromatic carbocycles. The van der Waals surface area contributed by atoms with Crippen LogP contribution in [-0.4, -0.2) is 20.6 Å². The molecule has 0 saturated heterocycles. The zero-order valence-electron chi connectivity index (χ0n) is 12.8. The van der Waals surface area contributed by atoms with Crippen molar-refractivity contribution in [3.05, 3.63) is 23.8 Å². The van der Waals surface area contributed by atoms with Crippen molar-refractivity contribution in [1.82, 2.24) is 4.72 Å². The van der Waals surface area contributed by atoms with Crippen molar-refractivity contribution in [2.45, 2.75) is 74.3 Å². The molecule has 4 nitrogen and oxygen atoms in total. The summed E-state index contributed by atoms with van der Waals surface area (Å²) in [6.07, 6.45) is 9.08. The molecular weight excluding hydrogens is 298 g/mol. The van der Waals surface area contributed by atoms with Crippen LogP contribution in [0.1, 0.15) is 62.8 Å². The molecule has 2 aliphatic carbocycles. The fraction of sp³-hybridized carbons (Fsp3) is 0.647. The van der Waals surface area contributed by atoms with E-state index >= 15 is 0 Å². The summed E-state index contributed by atoms with van der Waals surface area (Å²) in [6, 6.07) is 5.54. The van der Waals surface area contributed by atoms with Crippen molar-refractivity contribution in [3.8, 4) is 5.75 Å². The maximum Gasteiger partial charge on any atom is 0.240 e. The van der Waals surface area contributed by atoms with E-state index in [1.54, 1.807) is 12.1 Å². The summed E-state index contributed by atoms with van der Waals surface area (Å²) < 4.78 is 33.9. The standard InChI is InChI=1S/C17H23NO3S/c19-22(20,18-12-5-1-2-6-12)13-9-10-15-14-7-3-4-8-16(14)21-17(15)11-13/h9-12,14,16,18H,1-8H2. The van der Waals surface area contributed by atoms with Gasteiger partial charge in [-0.25, -0.2) is 13.1 Å². The fourth-order valence-electron chi connectivity index (χ4n) is 4.18. The summed E-state index contributed by atoms with van der Waals surface area (Å²) in [7, 11) is -3.43. The highest BCUT2D eigenvalue weighted by Crippen LogP contribution is 2.46. The van der Waals surface area contributed by atoms with E-state index < -0.39 is 10.0 Å². The van der Waals surface area contributed by atoms with E-state index in [1.807, 2.05) is 6.07 Å². The minimum absolute atomic E-state index is 0.0988. The van der Waals surface area contributed by atoms with Crippen LogP contribution in [0.2, 0.25) is 0 Å². The van der Waals surface area contributed by atoms with E-state index in [1.165, 1.54) is 18.4 Å². The summed E-state index contributed by atoms with van der Waals surface area (Å²) in [5, 5.41) is 0. The Labute approximate surface area is 132 Å². The molecule has 120 valence electrons. The highest BCUT2D eigenvalue weighted by molar-refractivity contribution is 7.89. The summed E-state index contributed by atoms with van der Waals surface area (Å²) >= 11 is 0. The molecule has 0 spiro atoms. The topological polar surface area (TPSA) is 55.4 Å². The summed E-state index contributed by atoms with van der Waals surface area (Å²) in [5.41, 5.74) is 1.20. The van der Waals surface area contributed by atoms with E-state index in [9.17, 15) is 8.42 Å². The Hall–Kier alpha value is -1.07. The van der Waals surface area contributed by atoms with Crippen LogP contribution in [0.4, 0.5) is 0 Å². The van der Waals surface area contributed by atoms with E-state index in [0.717, 1.165) is 44.3 Å². The van der Waals surface area contributed by atoms with Gasteiger partial charge in [0.05, 0.1) is 4.90 Å². The Morgan fingerprint density at radius 1 is 1.00 bits per heavy atom. The van der Waals surface area contributed by atoms with Crippen LogP contribution in [0.25, 0.3) is 0 Å². The quantitative estimate of drug-likeness (QED) is 0.929. The number of hydrogen-bond acceptors (Lipinski definition) is 3. The monoisotopic (exact) mass is 321 g/mol. The second kappa shape index (κ2) is 5.53. The number of rotatable bonds is 3. The number of sulfonamides is 1. The minimum atomic E-state index is -3.43. The molecule has 2 fully saturated rings. The zero-order chi connectivity index (χ0) is 15.2. The van der Waals surface area contributed by atoms with Crippen LogP contribution >= 0.6 is 0 Å². The Morgan fingerprint density at radius 2 is 1.73 bits per heavy atom. The highest BCUT2D eigenvalue weighted by atomic mass is 32.2. The average Bonchev–Trinajstić information content (AvgIpc) is 3.13. The molecular formula is C17H23NO3S. The normalized spacial score (nSPS) is 28.2. The third-order valence-electron chi connectivity index (χ3n) is 5.35. The maximum absolute atomic E-state index is 12.5. The SMILES string of the molecule is O=S(=O)(NC1CCCC1)c1ccc2c(c1)OC1CCCCC21. The molecule has 0 bridgehead atoms. The van der Waals surface area contributed by atoms with Gasteiger partial charge in [0.2, 0.25) is 10.0 Å². The van der Waals surface area contributed by atoms with Crippen molar-refractivity contribution < 1.29 is 13.2 Å². The first kappa shape index (κ1) is 14.5. The van der Waals surface area contributed by atoms with Gasteiger partial charge in [0.15, 0.2) is 0 Å². The lowest BCUT2D eigenvalue weighted by molar-refractivity contribution is 0.164. The Bertz CT molecular complexity index is 664. The number of fused-ring (bicyclic) bond motifs is 3. The molecule has 2 saturated carbocycles. The lowest BCUT2D eigenvalue weighted by atomic mass is 9.83. The molecule has 5 heteroatoms. The Morgan fingerprint density at radius 3 is 2.55 bits per heavy atom. The molecule has 1 aliphatic heterocycles. The van der Waals surface area contributed by atoms with Crippen LogP contribution in [0, 0.1) is 0 Å². The van der Waals surface area contributed by atoms with Gasteiger partial charge in [0.25, 0.3) is 0 Å². The first-order valence-corrected chi connectivity index (χ1v) is 9.95. The van der Waals surface area contributed by atoms with Crippen molar-refractivity contribution in [3.63, 3.8) is 0 Å². The number of benzene rings is 1. The number of ether oxygens (including phenoxy) is 1. The molecule has 22 heavy (non-hydrogen) atoms.